The molecule has 5 nitrogen and oxygen atoms in total. The Balaban J connectivity index is 3.22. The maximum Gasteiger partial charge on any atom is 0.256 e. The monoisotopic (exact) mass is 251 g/mol. The van der Waals surface area contributed by atoms with E-state index in [1.165, 1.54) is 4.68 Å². The summed E-state index contributed by atoms with van der Waals surface area (Å²) in [7, 11) is -3.81. The molecular formula is C8H14ClN3O2S. The van der Waals surface area contributed by atoms with Gasteiger partial charge in [0.05, 0.1) is 5.69 Å². The number of hydrogen-bond donors (Lipinski definition) is 1. The molecule has 0 saturated heterocycles. The predicted octanol–water partition coefficient (Wildman–Crippen LogP) is 1.29. The highest BCUT2D eigenvalue weighted by Crippen LogP contribution is 2.23. The lowest BCUT2D eigenvalue weighted by atomic mass is 10.3. The molecule has 0 radical (unpaired) electrons. The van der Waals surface area contributed by atoms with E-state index in [1.807, 2.05) is 6.92 Å². The Labute approximate surface area is 94.3 Å². The van der Waals surface area contributed by atoms with Gasteiger partial charge in [0.1, 0.15) is 5.02 Å². The molecule has 0 fully saturated rings. The molecule has 0 aromatic carbocycles. The molecule has 0 bridgehead atoms. The largest absolute Gasteiger partial charge is 0.256 e. The van der Waals surface area contributed by atoms with Crippen LogP contribution >= 0.6 is 11.6 Å². The molecular weight excluding hydrogens is 238 g/mol. The summed E-state index contributed by atoms with van der Waals surface area (Å²) < 4.78 is 23.9. The second kappa shape index (κ2) is 4.51. The first-order valence-corrected chi connectivity index (χ1v) is 6.56. The van der Waals surface area contributed by atoms with Gasteiger partial charge in [0.2, 0.25) is 0 Å². The van der Waals surface area contributed by atoms with Crippen LogP contribution in [0.2, 0.25) is 5.02 Å². The predicted molar refractivity (Wildman–Crippen MR) is 58.3 cm³/mol. The molecule has 1 aromatic heterocycles. The van der Waals surface area contributed by atoms with Crippen LogP contribution < -0.4 is 5.14 Å². The Hall–Kier alpha value is -0.590. The van der Waals surface area contributed by atoms with E-state index in [0.717, 1.165) is 12.8 Å². The van der Waals surface area contributed by atoms with Crippen molar-refractivity contribution in [1.29, 1.82) is 0 Å². The fourth-order valence-electron chi connectivity index (χ4n) is 1.27. The van der Waals surface area contributed by atoms with Crippen molar-refractivity contribution in [3.63, 3.8) is 0 Å². The zero-order valence-corrected chi connectivity index (χ0v) is 10.3. The topological polar surface area (TPSA) is 78.0 Å². The number of rotatable bonds is 4. The van der Waals surface area contributed by atoms with Crippen molar-refractivity contribution in [3.8, 4) is 0 Å². The maximum absolute atomic E-state index is 11.3. The third-order valence-electron chi connectivity index (χ3n) is 2.00. The second-order valence-corrected chi connectivity index (χ2v) is 5.18. The van der Waals surface area contributed by atoms with Crippen molar-refractivity contribution in [2.45, 2.75) is 38.3 Å². The second-order valence-electron chi connectivity index (χ2n) is 3.33. The first kappa shape index (κ1) is 12.5. The molecule has 0 spiro atoms. The number of halogens is 1. The number of nitrogens with two attached hydrogens (primary N) is 1. The van der Waals surface area contributed by atoms with E-state index in [9.17, 15) is 8.42 Å². The number of aromatic nitrogens is 2. The summed E-state index contributed by atoms with van der Waals surface area (Å²) in [5, 5.41) is 9.14. The molecule has 0 saturated carbocycles. The van der Waals surface area contributed by atoms with Gasteiger partial charge in [0, 0.05) is 6.54 Å². The Morgan fingerprint density at radius 3 is 2.60 bits per heavy atom. The van der Waals surface area contributed by atoms with Gasteiger partial charge in [-0.15, -0.1) is 0 Å². The first-order chi connectivity index (χ1) is 6.88. The highest BCUT2D eigenvalue weighted by Gasteiger charge is 2.22. The molecule has 0 aliphatic rings. The van der Waals surface area contributed by atoms with Crippen molar-refractivity contribution in [3.05, 3.63) is 10.7 Å². The Morgan fingerprint density at radius 2 is 2.13 bits per heavy atom. The molecule has 0 aliphatic carbocycles. The summed E-state index contributed by atoms with van der Waals surface area (Å²) in [4.78, 5) is 0. The Morgan fingerprint density at radius 1 is 1.53 bits per heavy atom. The van der Waals surface area contributed by atoms with Crippen LogP contribution in [0.3, 0.4) is 0 Å². The van der Waals surface area contributed by atoms with Crippen molar-refractivity contribution in [1.82, 2.24) is 9.78 Å². The van der Waals surface area contributed by atoms with Crippen LogP contribution in [0.1, 0.15) is 25.5 Å². The van der Waals surface area contributed by atoms with Gasteiger partial charge in [-0.25, -0.2) is 13.6 Å². The van der Waals surface area contributed by atoms with Gasteiger partial charge in [0.15, 0.2) is 5.03 Å². The van der Waals surface area contributed by atoms with Gasteiger partial charge in [-0.1, -0.05) is 24.9 Å². The van der Waals surface area contributed by atoms with Crippen molar-refractivity contribution in [2.75, 3.05) is 0 Å². The number of primary sulfonamides is 1. The molecule has 2 N–H and O–H groups in total. The summed E-state index contributed by atoms with van der Waals surface area (Å²) >= 11 is 5.84. The molecule has 0 unspecified atom stereocenters. The summed E-state index contributed by atoms with van der Waals surface area (Å²) in [5.41, 5.74) is 0.483. The van der Waals surface area contributed by atoms with Crippen molar-refractivity contribution < 1.29 is 8.42 Å². The van der Waals surface area contributed by atoms with Gasteiger partial charge in [-0.05, 0) is 13.3 Å². The first-order valence-electron chi connectivity index (χ1n) is 4.63. The molecule has 0 amide bonds. The lowest BCUT2D eigenvalue weighted by molar-refractivity contribution is 0.513. The quantitative estimate of drug-likeness (QED) is 0.876. The van der Waals surface area contributed by atoms with E-state index in [-0.39, 0.29) is 10.0 Å². The SMILES string of the molecule is CCCCn1nc(C)c(Cl)c1S(N)(=O)=O. The molecule has 86 valence electrons. The molecule has 1 rings (SSSR count). The summed E-state index contributed by atoms with van der Waals surface area (Å²) in [5.74, 6) is 0. The molecule has 0 atom stereocenters. The maximum atomic E-state index is 11.3. The minimum absolute atomic E-state index is 0.0879. The van der Waals surface area contributed by atoms with E-state index in [1.54, 1.807) is 6.92 Å². The average molecular weight is 252 g/mol. The van der Waals surface area contributed by atoms with Crippen LogP contribution in [0.5, 0.6) is 0 Å². The number of hydrogen-bond acceptors (Lipinski definition) is 3. The molecule has 1 aromatic rings. The number of nitrogens with zero attached hydrogens (tertiary/aromatic N) is 2. The van der Waals surface area contributed by atoms with Gasteiger partial charge in [-0.2, -0.15) is 5.10 Å². The Kier molecular flexibility index (Phi) is 3.75. The Bertz CT molecular complexity index is 453. The van der Waals surface area contributed by atoms with Crippen molar-refractivity contribution >= 4 is 21.6 Å². The summed E-state index contributed by atoms with van der Waals surface area (Å²) in [6.45, 7) is 4.17. The molecule has 0 aliphatic heterocycles. The zero-order valence-electron chi connectivity index (χ0n) is 8.70. The van der Waals surface area contributed by atoms with Crippen LogP contribution in [0.15, 0.2) is 5.03 Å². The molecule has 15 heavy (non-hydrogen) atoms. The summed E-state index contributed by atoms with van der Waals surface area (Å²) in [6, 6.07) is 0. The molecule has 7 heteroatoms. The highest BCUT2D eigenvalue weighted by molar-refractivity contribution is 7.89. The van der Waals surface area contributed by atoms with Gasteiger partial charge in [-0.3, -0.25) is 4.68 Å². The standard InChI is InChI=1S/C8H14ClN3O2S/c1-3-4-5-12-8(15(10,13)14)7(9)6(2)11-12/h3-5H2,1-2H3,(H2,10,13,14). The van der Waals surface area contributed by atoms with E-state index < -0.39 is 10.0 Å². The third kappa shape index (κ3) is 2.70. The van der Waals surface area contributed by atoms with Crippen LogP contribution in [0.4, 0.5) is 0 Å². The lowest BCUT2D eigenvalue weighted by Gasteiger charge is -2.04. The number of unbranched alkanes of at least 4 members (excludes halogenated alkanes) is 1. The minimum atomic E-state index is -3.81. The minimum Gasteiger partial charge on any atom is -0.251 e. The average Bonchev–Trinajstić information content (AvgIpc) is 2.38. The van der Waals surface area contributed by atoms with Crippen LogP contribution in [0, 0.1) is 6.92 Å². The van der Waals surface area contributed by atoms with Crippen LogP contribution in [-0.4, -0.2) is 18.2 Å². The van der Waals surface area contributed by atoms with Gasteiger partial charge < -0.3 is 0 Å². The van der Waals surface area contributed by atoms with Gasteiger partial charge in [0.25, 0.3) is 10.0 Å². The normalized spacial score (nSPS) is 12.0. The fourth-order valence-corrected chi connectivity index (χ4v) is 2.55. The number of sulfonamides is 1. The fraction of sp³-hybridized carbons (Fsp3) is 0.625. The van der Waals surface area contributed by atoms with E-state index in [4.69, 9.17) is 16.7 Å². The van der Waals surface area contributed by atoms with E-state index >= 15 is 0 Å². The van der Waals surface area contributed by atoms with E-state index in [0.29, 0.717) is 12.2 Å². The van der Waals surface area contributed by atoms with Crippen LogP contribution in [0.25, 0.3) is 0 Å². The van der Waals surface area contributed by atoms with Gasteiger partial charge >= 0.3 is 0 Å². The van der Waals surface area contributed by atoms with Crippen molar-refractivity contribution in [2.24, 2.45) is 5.14 Å². The summed E-state index contributed by atoms with van der Waals surface area (Å²) in [6.07, 6.45) is 1.78. The van der Waals surface area contributed by atoms with Crippen LogP contribution in [-0.2, 0) is 16.6 Å². The van der Waals surface area contributed by atoms with E-state index in [2.05, 4.69) is 5.10 Å². The smallest absolute Gasteiger partial charge is 0.251 e. The lowest BCUT2D eigenvalue weighted by Crippen LogP contribution is -2.18. The number of aryl methyl sites for hydroxylation is 2. The zero-order chi connectivity index (χ0) is 11.6. The third-order valence-corrected chi connectivity index (χ3v) is 3.52. The highest BCUT2D eigenvalue weighted by atomic mass is 35.5. The molecule has 1 heterocycles.